The van der Waals surface area contributed by atoms with Crippen LogP contribution in [0.3, 0.4) is 0 Å². The van der Waals surface area contributed by atoms with E-state index in [-0.39, 0.29) is 10.6 Å². The molecule has 1 aromatic heterocycles. The van der Waals surface area contributed by atoms with Crippen LogP contribution in [0.25, 0.3) is 10.4 Å². The molecule has 2 aromatic rings. The minimum absolute atomic E-state index is 0.0180. The van der Waals surface area contributed by atoms with E-state index in [1.54, 1.807) is 0 Å². The normalized spacial score (nSPS) is 10.3. The van der Waals surface area contributed by atoms with Crippen LogP contribution >= 0.6 is 11.3 Å². The smallest absolute Gasteiger partial charge is 0.349 e. The van der Waals surface area contributed by atoms with Crippen LogP contribution in [0.1, 0.15) is 15.2 Å². The summed E-state index contributed by atoms with van der Waals surface area (Å²) in [5.41, 5.74) is 2.06. The molecule has 0 radical (unpaired) electrons. The predicted molar refractivity (Wildman–Crippen MR) is 63.1 cm³/mol. The number of aromatic carboxylic acids is 1. The average molecular weight is 234 g/mol. The number of hydrogen-bond donors (Lipinski definition) is 2. The molecule has 82 valence electrons. The Kier molecular flexibility index (Phi) is 2.66. The van der Waals surface area contributed by atoms with Crippen LogP contribution in [0.5, 0.6) is 5.75 Å². The summed E-state index contributed by atoms with van der Waals surface area (Å²) in [7, 11) is 0. The molecule has 0 atom stereocenters. The number of rotatable bonds is 2. The zero-order valence-electron chi connectivity index (χ0n) is 8.60. The quantitative estimate of drug-likeness (QED) is 0.839. The minimum atomic E-state index is -1.10. The molecule has 2 rings (SSSR count). The molecule has 16 heavy (non-hydrogen) atoms. The van der Waals surface area contributed by atoms with Gasteiger partial charge in [0.25, 0.3) is 0 Å². The predicted octanol–water partition coefficient (Wildman–Crippen LogP) is 3.13. The molecule has 0 spiro atoms. The summed E-state index contributed by atoms with van der Waals surface area (Å²) < 4.78 is 0. The fourth-order valence-corrected chi connectivity index (χ4v) is 2.29. The van der Waals surface area contributed by atoms with E-state index in [1.165, 1.54) is 6.07 Å². The number of aryl methyl sites for hydroxylation is 1. The highest BCUT2D eigenvalue weighted by molar-refractivity contribution is 7.17. The van der Waals surface area contributed by atoms with Crippen molar-refractivity contribution in [3.8, 4) is 16.2 Å². The Bertz CT molecular complexity index is 526. The van der Waals surface area contributed by atoms with Gasteiger partial charge in [0.1, 0.15) is 5.75 Å². The van der Waals surface area contributed by atoms with Crippen LogP contribution in [0.4, 0.5) is 0 Å². The maximum atomic E-state index is 10.8. The molecule has 0 aliphatic rings. The van der Waals surface area contributed by atoms with Gasteiger partial charge in [-0.1, -0.05) is 29.8 Å². The molecule has 1 heterocycles. The highest BCUT2D eigenvalue weighted by atomic mass is 32.1. The molecule has 0 unspecified atom stereocenters. The van der Waals surface area contributed by atoms with Gasteiger partial charge in [-0.25, -0.2) is 4.79 Å². The number of carboxylic acids is 1. The first kappa shape index (κ1) is 10.7. The molecule has 0 saturated carbocycles. The Hall–Kier alpha value is -1.81. The number of benzene rings is 1. The molecule has 0 bridgehead atoms. The molecule has 0 saturated heterocycles. The first-order valence-electron chi connectivity index (χ1n) is 4.71. The maximum absolute atomic E-state index is 10.8. The standard InChI is InChI=1S/C12H10O3S/c1-7-2-4-8(5-3-7)10-6-9(13)11(16-10)12(14)15/h2-6,13H,1H3,(H,14,15). The van der Waals surface area contributed by atoms with Crippen molar-refractivity contribution in [3.05, 3.63) is 40.8 Å². The Morgan fingerprint density at radius 2 is 1.88 bits per heavy atom. The van der Waals surface area contributed by atoms with Gasteiger partial charge in [-0.2, -0.15) is 0 Å². The maximum Gasteiger partial charge on any atom is 0.349 e. The van der Waals surface area contributed by atoms with Crippen molar-refractivity contribution >= 4 is 17.3 Å². The molecule has 0 aliphatic carbocycles. The van der Waals surface area contributed by atoms with Gasteiger partial charge in [-0.3, -0.25) is 0 Å². The Balaban J connectivity index is 2.45. The minimum Gasteiger partial charge on any atom is -0.506 e. The Morgan fingerprint density at radius 3 is 2.38 bits per heavy atom. The first-order chi connectivity index (χ1) is 7.58. The van der Waals surface area contributed by atoms with E-state index in [1.807, 2.05) is 31.2 Å². The third-order valence-electron chi connectivity index (χ3n) is 2.24. The molecule has 0 amide bonds. The lowest BCUT2D eigenvalue weighted by atomic mass is 10.1. The summed E-state index contributed by atoms with van der Waals surface area (Å²) in [5.74, 6) is -1.27. The number of carbonyl (C=O) groups is 1. The van der Waals surface area contributed by atoms with E-state index in [2.05, 4.69) is 0 Å². The number of thiophene rings is 1. The summed E-state index contributed by atoms with van der Waals surface area (Å²) in [6.45, 7) is 1.98. The third-order valence-corrected chi connectivity index (χ3v) is 3.40. The van der Waals surface area contributed by atoms with Crippen LogP contribution in [0, 0.1) is 6.92 Å². The van der Waals surface area contributed by atoms with Crippen molar-refractivity contribution in [2.45, 2.75) is 6.92 Å². The van der Waals surface area contributed by atoms with Crippen LogP contribution in [-0.4, -0.2) is 16.2 Å². The van der Waals surface area contributed by atoms with Gasteiger partial charge in [0.05, 0.1) is 0 Å². The van der Waals surface area contributed by atoms with Gasteiger partial charge in [0.2, 0.25) is 0 Å². The molecule has 0 aliphatic heterocycles. The molecule has 1 aromatic carbocycles. The topological polar surface area (TPSA) is 57.5 Å². The van der Waals surface area contributed by atoms with E-state index in [4.69, 9.17) is 5.11 Å². The fourth-order valence-electron chi connectivity index (χ4n) is 1.39. The molecule has 3 nitrogen and oxygen atoms in total. The van der Waals surface area contributed by atoms with E-state index in [0.717, 1.165) is 27.3 Å². The van der Waals surface area contributed by atoms with E-state index < -0.39 is 5.97 Å². The monoisotopic (exact) mass is 234 g/mol. The van der Waals surface area contributed by atoms with E-state index in [0.29, 0.717) is 0 Å². The number of carboxylic acid groups (broad SMARTS) is 1. The van der Waals surface area contributed by atoms with Crippen molar-refractivity contribution in [1.82, 2.24) is 0 Å². The summed E-state index contributed by atoms with van der Waals surface area (Å²) >= 11 is 1.08. The highest BCUT2D eigenvalue weighted by Gasteiger charge is 2.15. The fraction of sp³-hybridized carbons (Fsp3) is 0.0833. The summed E-state index contributed by atoms with van der Waals surface area (Å²) in [4.78, 5) is 11.5. The van der Waals surface area contributed by atoms with E-state index in [9.17, 15) is 9.90 Å². The average Bonchev–Trinajstić information content (AvgIpc) is 2.61. The van der Waals surface area contributed by atoms with Crippen molar-refractivity contribution in [2.75, 3.05) is 0 Å². The number of aromatic hydroxyl groups is 1. The second-order valence-electron chi connectivity index (χ2n) is 3.50. The number of hydrogen-bond acceptors (Lipinski definition) is 3. The third kappa shape index (κ3) is 1.92. The van der Waals surface area contributed by atoms with E-state index >= 15 is 0 Å². The lowest BCUT2D eigenvalue weighted by Crippen LogP contribution is -1.90. The van der Waals surface area contributed by atoms with Crippen molar-refractivity contribution < 1.29 is 15.0 Å². The van der Waals surface area contributed by atoms with Crippen molar-refractivity contribution in [2.24, 2.45) is 0 Å². The lowest BCUT2D eigenvalue weighted by molar-refractivity contribution is 0.0699. The van der Waals surface area contributed by atoms with Gasteiger partial charge in [0.15, 0.2) is 4.88 Å². The molecular weight excluding hydrogens is 224 g/mol. The highest BCUT2D eigenvalue weighted by Crippen LogP contribution is 2.35. The van der Waals surface area contributed by atoms with Gasteiger partial charge in [-0.05, 0) is 18.6 Å². The Labute approximate surface area is 96.6 Å². The van der Waals surface area contributed by atoms with Gasteiger partial charge in [-0.15, -0.1) is 11.3 Å². The van der Waals surface area contributed by atoms with Gasteiger partial charge in [0, 0.05) is 4.88 Å². The largest absolute Gasteiger partial charge is 0.506 e. The second kappa shape index (κ2) is 3.98. The van der Waals surface area contributed by atoms with Crippen LogP contribution < -0.4 is 0 Å². The zero-order chi connectivity index (χ0) is 11.7. The summed E-state index contributed by atoms with van der Waals surface area (Å²) in [6, 6.07) is 9.20. The second-order valence-corrected chi connectivity index (χ2v) is 4.55. The van der Waals surface area contributed by atoms with Crippen LogP contribution in [-0.2, 0) is 0 Å². The SMILES string of the molecule is Cc1ccc(-c2cc(O)c(C(=O)O)s2)cc1. The van der Waals surface area contributed by atoms with Crippen molar-refractivity contribution in [1.29, 1.82) is 0 Å². The first-order valence-corrected chi connectivity index (χ1v) is 5.52. The summed E-state index contributed by atoms with van der Waals surface area (Å²) in [6.07, 6.45) is 0. The summed E-state index contributed by atoms with van der Waals surface area (Å²) in [5, 5.41) is 18.3. The van der Waals surface area contributed by atoms with Crippen LogP contribution in [0.15, 0.2) is 30.3 Å². The zero-order valence-corrected chi connectivity index (χ0v) is 9.41. The van der Waals surface area contributed by atoms with Crippen molar-refractivity contribution in [3.63, 3.8) is 0 Å². The molecule has 4 heteroatoms. The van der Waals surface area contributed by atoms with Crippen LogP contribution in [0.2, 0.25) is 0 Å². The lowest BCUT2D eigenvalue weighted by Gasteiger charge is -1.96. The van der Waals surface area contributed by atoms with Gasteiger partial charge < -0.3 is 10.2 Å². The Morgan fingerprint density at radius 1 is 1.25 bits per heavy atom. The molecule has 0 fully saturated rings. The molecular formula is C12H10O3S. The van der Waals surface area contributed by atoms with Gasteiger partial charge >= 0.3 is 5.97 Å². The molecule has 2 N–H and O–H groups in total.